The van der Waals surface area contributed by atoms with Gasteiger partial charge in [0.05, 0.1) is 16.4 Å². The van der Waals surface area contributed by atoms with Crippen molar-refractivity contribution in [2.75, 3.05) is 32.1 Å². The van der Waals surface area contributed by atoms with Crippen molar-refractivity contribution in [1.82, 2.24) is 4.72 Å². The van der Waals surface area contributed by atoms with Crippen LogP contribution < -0.4 is 10.0 Å². The number of hydrogen-bond donors (Lipinski definition) is 2. The van der Waals surface area contributed by atoms with Crippen molar-refractivity contribution < 1.29 is 18.1 Å². The first kappa shape index (κ1) is 15.7. The van der Waals surface area contributed by atoms with Gasteiger partial charge in [0.25, 0.3) is 5.69 Å². The molecule has 0 aromatic heterocycles. The van der Waals surface area contributed by atoms with Gasteiger partial charge in [0.1, 0.15) is 5.69 Å². The summed E-state index contributed by atoms with van der Waals surface area (Å²) < 4.78 is 32.1. The number of ether oxygens (including phenoxy) is 1. The quantitative estimate of drug-likeness (QED) is 0.597. The van der Waals surface area contributed by atoms with E-state index in [4.69, 9.17) is 4.74 Å². The van der Waals surface area contributed by atoms with Gasteiger partial charge < -0.3 is 10.1 Å². The molecule has 1 aliphatic rings. The Labute approximate surface area is 122 Å². The van der Waals surface area contributed by atoms with E-state index in [0.29, 0.717) is 19.8 Å². The highest BCUT2D eigenvalue weighted by atomic mass is 32.2. The molecule has 0 spiro atoms. The Morgan fingerprint density at radius 2 is 2.24 bits per heavy atom. The van der Waals surface area contributed by atoms with Crippen molar-refractivity contribution in [2.45, 2.75) is 11.3 Å². The average molecular weight is 315 g/mol. The first-order valence-corrected chi connectivity index (χ1v) is 7.96. The number of sulfonamides is 1. The van der Waals surface area contributed by atoms with Gasteiger partial charge in [-0.05, 0) is 24.5 Å². The number of nitrogens with one attached hydrogen (secondary N) is 2. The summed E-state index contributed by atoms with van der Waals surface area (Å²) in [6.07, 6.45) is 0.824. The monoisotopic (exact) mass is 315 g/mol. The first-order chi connectivity index (χ1) is 9.94. The number of hydrogen-bond acceptors (Lipinski definition) is 6. The number of rotatable bonds is 6. The molecule has 1 saturated heterocycles. The van der Waals surface area contributed by atoms with E-state index >= 15 is 0 Å². The van der Waals surface area contributed by atoms with E-state index < -0.39 is 14.9 Å². The van der Waals surface area contributed by atoms with Crippen LogP contribution in [0.1, 0.15) is 6.42 Å². The molecule has 9 heteroatoms. The molecule has 2 rings (SSSR count). The van der Waals surface area contributed by atoms with Gasteiger partial charge in [0, 0.05) is 26.3 Å². The van der Waals surface area contributed by atoms with Crippen molar-refractivity contribution in [1.29, 1.82) is 0 Å². The fourth-order valence-electron chi connectivity index (χ4n) is 2.10. The Bertz CT molecular complexity index is 626. The maximum absolute atomic E-state index is 12.2. The van der Waals surface area contributed by atoms with Crippen LogP contribution in [0.5, 0.6) is 0 Å². The van der Waals surface area contributed by atoms with Crippen LogP contribution in [0, 0.1) is 16.0 Å². The zero-order valence-corrected chi connectivity index (χ0v) is 12.4. The van der Waals surface area contributed by atoms with Crippen molar-refractivity contribution >= 4 is 21.4 Å². The van der Waals surface area contributed by atoms with E-state index in [1.165, 1.54) is 25.2 Å². The fourth-order valence-corrected chi connectivity index (χ4v) is 3.24. The predicted octanol–water partition coefficient (Wildman–Crippen LogP) is 0.951. The molecule has 1 heterocycles. The molecule has 116 valence electrons. The van der Waals surface area contributed by atoms with Crippen LogP contribution >= 0.6 is 0 Å². The van der Waals surface area contributed by atoms with E-state index in [0.717, 1.165) is 6.42 Å². The summed E-state index contributed by atoms with van der Waals surface area (Å²) in [5.41, 5.74) is -0.00674. The Balaban J connectivity index is 2.17. The maximum Gasteiger partial charge on any atom is 0.292 e. The van der Waals surface area contributed by atoms with Gasteiger partial charge in [-0.3, -0.25) is 10.1 Å². The number of nitrogens with zero attached hydrogens (tertiary/aromatic N) is 1. The molecule has 2 N–H and O–H groups in total. The SMILES string of the molecule is CNc1cc(S(=O)(=O)NCC2CCOC2)ccc1[N+](=O)[O-]. The average Bonchev–Trinajstić information content (AvgIpc) is 2.97. The van der Waals surface area contributed by atoms with Gasteiger partial charge in [0.15, 0.2) is 0 Å². The summed E-state index contributed by atoms with van der Waals surface area (Å²) in [5, 5.41) is 13.5. The standard InChI is InChI=1S/C12H17N3O5S/c1-13-11-6-10(2-3-12(11)15(16)17)21(18,19)14-7-9-4-5-20-8-9/h2-3,6,9,13-14H,4-5,7-8H2,1H3. The molecule has 1 unspecified atom stereocenters. The van der Waals surface area contributed by atoms with Gasteiger partial charge >= 0.3 is 0 Å². The minimum Gasteiger partial charge on any atom is -0.383 e. The highest BCUT2D eigenvalue weighted by Gasteiger charge is 2.22. The first-order valence-electron chi connectivity index (χ1n) is 6.47. The van der Waals surface area contributed by atoms with E-state index in [9.17, 15) is 18.5 Å². The summed E-state index contributed by atoms with van der Waals surface area (Å²) in [6, 6.07) is 3.66. The molecule has 0 aliphatic carbocycles. The minimum absolute atomic E-state index is 0.00337. The Hall–Kier alpha value is -1.71. The summed E-state index contributed by atoms with van der Waals surface area (Å²) in [5.74, 6) is 0.168. The zero-order valence-electron chi connectivity index (χ0n) is 11.5. The lowest BCUT2D eigenvalue weighted by atomic mass is 10.1. The number of anilines is 1. The Kier molecular flexibility index (Phi) is 4.76. The number of nitro groups is 1. The lowest BCUT2D eigenvalue weighted by Gasteiger charge is -2.11. The third-order valence-electron chi connectivity index (χ3n) is 3.33. The Morgan fingerprint density at radius 3 is 2.81 bits per heavy atom. The van der Waals surface area contributed by atoms with Crippen molar-refractivity contribution in [3.8, 4) is 0 Å². The maximum atomic E-state index is 12.2. The molecule has 1 aliphatic heterocycles. The lowest BCUT2D eigenvalue weighted by Crippen LogP contribution is -2.29. The summed E-state index contributed by atoms with van der Waals surface area (Å²) in [6.45, 7) is 1.49. The smallest absolute Gasteiger partial charge is 0.292 e. The number of benzene rings is 1. The summed E-state index contributed by atoms with van der Waals surface area (Å²) >= 11 is 0. The van der Waals surface area contributed by atoms with Gasteiger partial charge in [-0.2, -0.15) is 0 Å². The van der Waals surface area contributed by atoms with Gasteiger partial charge in [-0.15, -0.1) is 0 Å². The second kappa shape index (κ2) is 6.37. The topological polar surface area (TPSA) is 111 Å². The fraction of sp³-hybridized carbons (Fsp3) is 0.500. The molecule has 8 nitrogen and oxygen atoms in total. The van der Waals surface area contributed by atoms with Crippen molar-refractivity contribution in [3.63, 3.8) is 0 Å². The van der Waals surface area contributed by atoms with Crippen LogP contribution in [-0.4, -0.2) is 40.1 Å². The summed E-state index contributed by atoms with van der Waals surface area (Å²) in [4.78, 5) is 10.3. The number of nitro benzene ring substituents is 1. The van der Waals surface area contributed by atoms with Crippen molar-refractivity contribution in [3.05, 3.63) is 28.3 Å². The highest BCUT2D eigenvalue weighted by molar-refractivity contribution is 7.89. The molecular weight excluding hydrogens is 298 g/mol. The molecular formula is C12H17N3O5S. The molecule has 21 heavy (non-hydrogen) atoms. The molecule has 0 saturated carbocycles. The van der Waals surface area contributed by atoms with Gasteiger partial charge in [-0.1, -0.05) is 0 Å². The van der Waals surface area contributed by atoms with Crippen LogP contribution in [0.3, 0.4) is 0 Å². The summed E-state index contributed by atoms with van der Waals surface area (Å²) in [7, 11) is -2.19. The lowest BCUT2D eigenvalue weighted by molar-refractivity contribution is -0.384. The van der Waals surface area contributed by atoms with Crippen LogP contribution in [0.2, 0.25) is 0 Å². The predicted molar refractivity (Wildman–Crippen MR) is 76.8 cm³/mol. The molecule has 0 amide bonds. The van der Waals surface area contributed by atoms with E-state index in [2.05, 4.69) is 10.0 Å². The second-order valence-corrected chi connectivity index (χ2v) is 6.53. The van der Waals surface area contributed by atoms with Crippen LogP contribution in [0.4, 0.5) is 11.4 Å². The van der Waals surface area contributed by atoms with E-state index in [1.54, 1.807) is 0 Å². The highest BCUT2D eigenvalue weighted by Crippen LogP contribution is 2.27. The molecule has 1 aromatic rings. The van der Waals surface area contributed by atoms with Crippen LogP contribution in [0.25, 0.3) is 0 Å². The van der Waals surface area contributed by atoms with Crippen LogP contribution in [0.15, 0.2) is 23.1 Å². The molecule has 1 fully saturated rings. The third-order valence-corrected chi connectivity index (χ3v) is 4.75. The second-order valence-electron chi connectivity index (χ2n) is 4.77. The minimum atomic E-state index is -3.69. The zero-order chi connectivity index (χ0) is 15.5. The van der Waals surface area contributed by atoms with Gasteiger partial charge in [-0.25, -0.2) is 13.1 Å². The molecule has 0 bridgehead atoms. The molecule has 1 aromatic carbocycles. The van der Waals surface area contributed by atoms with Crippen molar-refractivity contribution in [2.24, 2.45) is 5.92 Å². The molecule has 0 radical (unpaired) electrons. The Morgan fingerprint density at radius 1 is 1.48 bits per heavy atom. The normalized spacial score (nSPS) is 18.6. The van der Waals surface area contributed by atoms with Gasteiger partial charge in [0.2, 0.25) is 10.0 Å². The largest absolute Gasteiger partial charge is 0.383 e. The van der Waals surface area contributed by atoms with Crippen LogP contribution in [-0.2, 0) is 14.8 Å². The molecule has 1 atom stereocenters. The van der Waals surface area contributed by atoms with E-state index in [1.807, 2.05) is 0 Å². The van der Waals surface area contributed by atoms with E-state index in [-0.39, 0.29) is 22.2 Å². The third kappa shape index (κ3) is 3.69.